The Morgan fingerprint density at radius 3 is 2.93 bits per heavy atom. The molecule has 3 aromatic rings. The van der Waals surface area contributed by atoms with Gasteiger partial charge in [-0.25, -0.2) is 14.2 Å². The molecule has 0 saturated carbocycles. The molecule has 1 aromatic heterocycles. The molecule has 7 heteroatoms. The van der Waals surface area contributed by atoms with Crippen LogP contribution in [0.2, 0.25) is 0 Å². The number of amides is 2. The van der Waals surface area contributed by atoms with Gasteiger partial charge in [0.1, 0.15) is 10.8 Å². The number of aliphatic hydroxyl groups is 1. The molecule has 4 rings (SSSR count). The zero-order chi connectivity index (χ0) is 19.0. The molecule has 2 heterocycles. The molecule has 140 valence electrons. The van der Waals surface area contributed by atoms with Crippen LogP contribution in [0.1, 0.15) is 19.8 Å². The highest BCUT2D eigenvalue weighted by Gasteiger charge is 2.31. The highest BCUT2D eigenvalue weighted by atomic mass is 32.1. The average Bonchev–Trinajstić information content (AvgIpc) is 3.06. The fourth-order valence-corrected chi connectivity index (χ4v) is 4.37. The standard InChI is InChI=1S/C20H20FN3O2S/c1-20(26)9-4-10-24(12-20)19(25)23-15-8-7-13(21)11-14(15)18-22-16-5-2-3-6-17(16)27-18/h2-3,5-8,11,26H,4,9-10,12H2,1H3,(H,23,25). The molecule has 1 unspecified atom stereocenters. The number of β-amino-alcohol motifs (C(OH)–C–C–N with tert-alkyl or cyclic N) is 1. The third-order valence-corrected chi connectivity index (χ3v) is 5.78. The molecule has 0 bridgehead atoms. The number of hydrogen-bond donors (Lipinski definition) is 2. The Balaban J connectivity index is 1.64. The minimum absolute atomic E-state index is 0.274. The third-order valence-electron chi connectivity index (χ3n) is 4.71. The maximum absolute atomic E-state index is 13.9. The number of fused-ring (bicyclic) bond motifs is 1. The molecule has 1 atom stereocenters. The van der Waals surface area contributed by atoms with E-state index in [0.717, 1.165) is 16.6 Å². The lowest BCUT2D eigenvalue weighted by Crippen LogP contribution is -2.50. The van der Waals surface area contributed by atoms with Gasteiger partial charge in [0.15, 0.2) is 0 Å². The number of aromatic nitrogens is 1. The summed E-state index contributed by atoms with van der Waals surface area (Å²) in [6, 6.07) is 11.7. The van der Waals surface area contributed by atoms with E-state index < -0.39 is 5.60 Å². The average molecular weight is 385 g/mol. The second-order valence-electron chi connectivity index (χ2n) is 7.13. The van der Waals surface area contributed by atoms with E-state index in [0.29, 0.717) is 29.2 Å². The molecule has 0 aliphatic carbocycles. The summed E-state index contributed by atoms with van der Waals surface area (Å²) in [6.07, 6.45) is 1.42. The predicted octanol–water partition coefficient (Wildman–Crippen LogP) is 4.48. The van der Waals surface area contributed by atoms with E-state index >= 15 is 0 Å². The number of anilines is 1. The normalized spacial score (nSPS) is 20.0. The van der Waals surface area contributed by atoms with Crippen LogP contribution in [-0.4, -0.2) is 39.7 Å². The molecule has 2 aromatic carbocycles. The van der Waals surface area contributed by atoms with Gasteiger partial charge in [-0.3, -0.25) is 0 Å². The van der Waals surface area contributed by atoms with E-state index in [1.165, 1.54) is 23.5 Å². The second kappa shape index (κ2) is 6.90. The summed E-state index contributed by atoms with van der Waals surface area (Å²) in [5, 5.41) is 13.7. The van der Waals surface area contributed by atoms with Crippen molar-refractivity contribution in [3.63, 3.8) is 0 Å². The fraction of sp³-hybridized carbons (Fsp3) is 0.300. The Kier molecular flexibility index (Phi) is 4.57. The zero-order valence-corrected chi connectivity index (χ0v) is 15.7. The van der Waals surface area contributed by atoms with Gasteiger partial charge in [0.25, 0.3) is 0 Å². The van der Waals surface area contributed by atoms with Gasteiger partial charge in [-0.2, -0.15) is 0 Å². The number of para-hydroxylation sites is 1. The molecule has 1 aliphatic heterocycles. The number of halogens is 1. The van der Waals surface area contributed by atoms with Crippen LogP contribution in [0.15, 0.2) is 42.5 Å². The number of rotatable bonds is 2. The van der Waals surface area contributed by atoms with Crippen molar-refractivity contribution in [1.82, 2.24) is 9.88 Å². The summed E-state index contributed by atoms with van der Waals surface area (Å²) in [4.78, 5) is 18.9. The van der Waals surface area contributed by atoms with E-state index in [-0.39, 0.29) is 18.4 Å². The van der Waals surface area contributed by atoms with Crippen LogP contribution in [0.5, 0.6) is 0 Å². The smallest absolute Gasteiger partial charge is 0.321 e. The second-order valence-corrected chi connectivity index (χ2v) is 8.16. The SMILES string of the molecule is CC1(O)CCCN(C(=O)Nc2ccc(F)cc2-c2nc3ccccc3s2)C1. The van der Waals surface area contributed by atoms with E-state index in [4.69, 9.17) is 0 Å². The van der Waals surface area contributed by atoms with Crippen molar-refractivity contribution in [1.29, 1.82) is 0 Å². The third kappa shape index (κ3) is 3.79. The summed E-state index contributed by atoms with van der Waals surface area (Å²) in [6.45, 7) is 2.59. The largest absolute Gasteiger partial charge is 0.388 e. The predicted molar refractivity (Wildman–Crippen MR) is 105 cm³/mol. The van der Waals surface area contributed by atoms with Crippen molar-refractivity contribution in [3.8, 4) is 10.6 Å². The first-order valence-electron chi connectivity index (χ1n) is 8.85. The van der Waals surface area contributed by atoms with E-state index in [2.05, 4.69) is 10.3 Å². The lowest BCUT2D eigenvalue weighted by atomic mass is 9.95. The van der Waals surface area contributed by atoms with Crippen LogP contribution in [0.4, 0.5) is 14.9 Å². The van der Waals surface area contributed by atoms with Crippen molar-refractivity contribution < 1.29 is 14.3 Å². The molecule has 2 N–H and O–H groups in total. The molecule has 1 aliphatic rings. The lowest BCUT2D eigenvalue weighted by molar-refractivity contribution is -0.000633. The first-order chi connectivity index (χ1) is 12.9. The number of nitrogens with one attached hydrogen (secondary N) is 1. The topological polar surface area (TPSA) is 65.5 Å². The molecule has 1 saturated heterocycles. The van der Waals surface area contributed by atoms with E-state index in [1.54, 1.807) is 17.9 Å². The minimum atomic E-state index is -0.881. The van der Waals surface area contributed by atoms with Gasteiger partial charge in [0.2, 0.25) is 0 Å². The lowest BCUT2D eigenvalue weighted by Gasteiger charge is -2.36. The first-order valence-corrected chi connectivity index (χ1v) is 9.67. The Morgan fingerprint density at radius 1 is 1.33 bits per heavy atom. The summed E-state index contributed by atoms with van der Waals surface area (Å²) in [5.74, 6) is -0.386. The number of piperidine rings is 1. The molecule has 5 nitrogen and oxygen atoms in total. The summed E-state index contributed by atoms with van der Waals surface area (Å²) in [5.41, 5.74) is 1.01. The van der Waals surface area contributed by atoms with Crippen LogP contribution in [-0.2, 0) is 0 Å². The summed E-state index contributed by atoms with van der Waals surface area (Å²) >= 11 is 1.45. The van der Waals surface area contributed by atoms with Crippen LogP contribution >= 0.6 is 11.3 Å². The number of carbonyl (C=O) groups is 1. The number of likely N-dealkylation sites (tertiary alicyclic amines) is 1. The van der Waals surface area contributed by atoms with Gasteiger partial charge in [-0.1, -0.05) is 12.1 Å². The fourth-order valence-electron chi connectivity index (χ4n) is 3.38. The summed E-state index contributed by atoms with van der Waals surface area (Å²) < 4.78 is 14.9. The monoisotopic (exact) mass is 385 g/mol. The van der Waals surface area contributed by atoms with Crippen molar-refractivity contribution >= 4 is 33.3 Å². The van der Waals surface area contributed by atoms with Gasteiger partial charge in [-0.15, -0.1) is 11.3 Å². The number of benzene rings is 2. The van der Waals surface area contributed by atoms with Crippen LogP contribution in [0.25, 0.3) is 20.8 Å². The number of thiazole rings is 1. The molecule has 1 fully saturated rings. The molecule has 0 spiro atoms. The van der Waals surface area contributed by atoms with Crippen molar-refractivity contribution in [2.45, 2.75) is 25.4 Å². The van der Waals surface area contributed by atoms with Crippen molar-refractivity contribution in [3.05, 3.63) is 48.3 Å². The van der Waals surface area contributed by atoms with Crippen LogP contribution in [0.3, 0.4) is 0 Å². The molecule has 0 radical (unpaired) electrons. The van der Waals surface area contributed by atoms with Crippen LogP contribution in [0, 0.1) is 5.82 Å². The van der Waals surface area contributed by atoms with Gasteiger partial charge in [-0.05, 0) is 50.1 Å². The Hall–Kier alpha value is -2.51. The minimum Gasteiger partial charge on any atom is -0.388 e. The molecule has 2 amide bonds. The zero-order valence-electron chi connectivity index (χ0n) is 14.9. The Bertz CT molecular complexity index is 969. The first kappa shape index (κ1) is 17.9. The molecule has 27 heavy (non-hydrogen) atoms. The maximum atomic E-state index is 13.9. The molecular formula is C20H20FN3O2S. The van der Waals surface area contributed by atoms with Gasteiger partial charge in [0, 0.05) is 12.1 Å². The highest BCUT2D eigenvalue weighted by molar-refractivity contribution is 7.21. The quantitative estimate of drug-likeness (QED) is 0.683. The number of hydrogen-bond acceptors (Lipinski definition) is 4. The summed E-state index contributed by atoms with van der Waals surface area (Å²) in [7, 11) is 0. The van der Waals surface area contributed by atoms with Gasteiger partial charge >= 0.3 is 6.03 Å². The van der Waals surface area contributed by atoms with Gasteiger partial charge < -0.3 is 15.3 Å². The maximum Gasteiger partial charge on any atom is 0.321 e. The Labute approximate surface area is 160 Å². The molecular weight excluding hydrogens is 365 g/mol. The van der Waals surface area contributed by atoms with Crippen molar-refractivity contribution in [2.75, 3.05) is 18.4 Å². The van der Waals surface area contributed by atoms with Gasteiger partial charge in [0.05, 0.1) is 28.0 Å². The number of urea groups is 1. The van der Waals surface area contributed by atoms with E-state index in [1.807, 2.05) is 24.3 Å². The highest BCUT2D eigenvalue weighted by Crippen LogP contribution is 2.35. The van der Waals surface area contributed by atoms with E-state index in [9.17, 15) is 14.3 Å². The number of carbonyl (C=O) groups excluding carboxylic acids is 1. The van der Waals surface area contributed by atoms with Crippen LogP contribution < -0.4 is 5.32 Å². The van der Waals surface area contributed by atoms with Crippen molar-refractivity contribution in [2.24, 2.45) is 0 Å². The number of nitrogens with zero attached hydrogens (tertiary/aromatic N) is 2. The Morgan fingerprint density at radius 2 is 2.15 bits per heavy atom.